The van der Waals surface area contributed by atoms with Crippen molar-refractivity contribution in [1.82, 2.24) is 4.90 Å². The van der Waals surface area contributed by atoms with E-state index in [1.54, 1.807) is 0 Å². The minimum Gasteiger partial charge on any atom is -0.506 e. The molecular formula is C31H32ClF2N3O3. The first-order chi connectivity index (χ1) is 19.2. The predicted octanol–water partition coefficient (Wildman–Crippen LogP) is 7.16. The van der Waals surface area contributed by atoms with Crippen molar-refractivity contribution in [2.75, 3.05) is 17.2 Å². The topological polar surface area (TPSA) is 81.7 Å². The Kier molecular flexibility index (Phi) is 8.26. The number of piperidine rings is 1. The number of phenols is 1. The molecule has 1 aliphatic heterocycles. The molecule has 2 fully saturated rings. The number of anilines is 2. The zero-order valence-electron chi connectivity index (χ0n) is 22.2. The molecule has 210 valence electrons. The number of aromatic hydroxyl groups is 1. The van der Waals surface area contributed by atoms with Crippen LogP contribution in [0.5, 0.6) is 5.75 Å². The molecule has 6 nitrogen and oxygen atoms in total. The average Bonchev–Trinajstić information content (AvgIpc) is 3.44. The number of hydrogen-bond acceptors (Lipinski definition) is 4. The van der Waals surface area contributed by atoms with Gasteiger partial charge >= 0.3 is 0 Å². The van der Waals surface area contributed by atoms with Crippen molar-refractivity contribution >= 4 is 34.8 Å². The fourth-order valence-corrected chi connectivity index (χ4v) is 6.10. The number of phenolic OH excluding ortho intramolecular Hbond substituents is 1. The van der Waals surface area contributed by atoms with Gasteiger partial charge < -0.3 is 20.6 Å². The number of halogens is 3. The van der Waals surface area contributed by atoms with Crippen LogP contribution in [-0.2, 0) is 4.79 Å². The van der Waals surface area contributed by atoms with Crippen molar-refractivity contribution in [3.05, 3.63) is 88.4 Å². The van der Waals surface area contributed by atoms with Crippen LogP contribution in [0.3, 0.4) is 0 Å². The molecule has 0 aromatic heterocycles. The van der Waals surface area contributed by atoms with Gasteiger partial charge in [0.25, 0.3) is 5.91 Å². The van der Waals surface area contributed by atoms with E-state index in [-0.39, 0.29) is 29.1 Å². The van der Waals surface area contributed by atoms with Gasteiger partial charge in [0.2, 0.25) is 5.91 Å². The van der Waals surface area contributed by atoms with E-state index in [0.717, 1.165) is 30.7 Å². The van der Waals surface area contributed by atoms with Crippen LogP contribution in [0.15, 0.2) is 60.7 Å². The Balaban J connectivity index is 1.50. The molecule has 2 aliphatic rings. The number of benzene rings is 3. The summed E-state index contributed by atoms with van der Waals surface area (Å²) in [7, 11) is 0. The molecule has 3 aromatic rings. The summed E-state index contributed by atoms with van der Waals surface area (Å²) in [6, 6.07) is 14.9. The van der Waals surface area contributed by atoms with E-state index >= 15 is 0 Å². The van der Waals surface area contributed by atoms with Crippen LogP contribution < -0.4 is 10.6 Å². The number of rotatable bonds is 6. The molecule has 3 N–H and O–H groups in total. The SMILES string of the molecule is C[C@@H]1C[C@H](C(=O)Nc2ccc(O)c(Cl)c2)[C@H](c2ccc(NC3CCCC3)cc2)N(C(=O)c2c(F)cccc2F)C1. The summed E-state index contributed by atoms with van der Waals surface area (Å²) in [6.07, 6.45) is 5.07. The highest BCUT2D eigenvalue weighted by molar-refractivity contribution is 6.32. The molecule has 1 aliphatic carbocycles. The molecule has 40 heavy (non-hydrogen) atoms. The quantitative estimate of drug-likeness (QED) is 0.276. The summed E-state index contributed by atoms with van der Waals surface area (Å²) in [6.45, 7) is 2.13. The Morgan fingerprint density at radius 3 is 2.27 bits per heavy atom. The third-order valence-electron chi connectivity index (χ3n) is 7.85. The minimum atomic E-state index is -0.946. The van der Waals surface area contributed by atoms with Crippen LogP contribution in [0, 0.1) is 23.5 Å². The number of nitrogens with one attached hydrogen (secondary N) is 2. The molecule has 5 rings (SSSR count). The van der Waals surface area contributed by atoms with E-state index in [4.69, 9.17) is 11.6 Å². The second-order valence-electron chi connectivity index (χ2n) is 10.8. The Hall–Kier alpha value is -3.65. The Morgan fingerprint density at radius 1 is 0.975 bits per heavy atom. The van der Waals surface area contributed by atoms with Gasteiger partial charge in [-0.3, -0.25) is 9.59 Å². The fraction of sp³-hybridized carbons (Fsp3) is 0.355. The van der Waals surface area contributed by atoms with Crippen molar-refractivity contribution in [1.29, 1.82) is 0 Å². The maximum atomic E-state index is 14.7. The van der Waals surface area contributed by atoms with Crippen LogP contribution in [0.1, 0.15) is 61.0 Å². The molecule has 3 aromatic carbocycles. The van der Waals surface area contributed by atoms with E-state index in [1.165, 1.54) is 42.0 Å². The van der Waals surface area contributed by atoms with Crippen LogP contribution in [0.4, 0.5) is 20.2 Å². The molecule has 1 saturated carbocycles. The minimum absolute atomic E-state index is 0.0866. The third-order valence-corrected chi connectivity index (χ3v) is 8.15. The number of amides is 2. The lowest BCUT2D eigenvalue weighted by Crippen LogP contribution is -2.49. The van der Waals surface area contributed by atoms with Crippen LogP contribution in [0.25, 0.3) is 0 Å². The third kappa shape index (κ3) is 5.92. The summed E-state index contributed by atoms with van der Waals surface area (Å²) >= 11 is 6.04. The number of likely N-dealkylation sites (tertiary alicyclic amines) is 1. The van der Waals surface area contributed by atoms with Crippen molar-refractivity contribution in [3.63, 3.8) is 0 Å². The lowest BCUT2D eigenvalue weighted by molar-refractivity contribution is -0.124. The molecule has 0 radical (unpaired) electrons. The van der Waals surface area contributed by atoms with Crippen LogP contribution in [-0.4, -0.2) is 34.4 Å². The average molecular weight is 568 g/mol. The molecule has 3 atom stereocenters. The van der Waals surface area contributed by atoms with Gasteiger partial charge in [0.1, 0.15) is 22.9 Å². The van der Waals surface area contributed by atoms with Gasteiger partial charge in [-0.05, 0) is 73.2 Å². The monoisotopic (exact) mass is 567 g/mol. The molecule has 9 heteroatoms. The highest BCUT2D eigenvalue weighted by atomic mass is 35.5. The zero-order valence-corrected chi connectivity index (χ0v) is 22.9. The van der Waals surface area contributed by atoms with Crippen molar-refractivity contribution in [2.45, 2.75) is 51.1 Å². The first-order valence-electron chi connectivity index (χ1n) is 13.6. The highest BCUT2D eigenvalue weighted by Crippen LogP contribution is 2.41. The molecular weight excluding hydrogens is 536 g/mol. The summed E-state index contributed by atoms with van der Waals surface area (Å²) < 4.78 is 29.5. The van der Waals surface area contributed by atoms with E-state index in [2.05, 4.69) is 10.6 Å². The van der Waals surface area contributed by atoms with Gasteiger partial charge in [-0.15, -0.1) is 0 Å². The summed E-state index contributed by atoms with van der Waals surface area (Å²) in [4.78, 5) is 28.9. The van der Waals surface area contributed by atoms with Gasteiger partial charge in [0.05, 0.1) is 17.0 Å². The second-order valence-corrected chi connectivity index (χ2v) is 11.3. The number of hydrogen-bond donors (Lipinski definition) is 3. The van der Waals surface area contributed by atoms with Gasteiger partial charge in [-0.2, -0.15) is 0 Å². The zero-order chi connectivity index (χ0) is 28.4. The highest BCUT2D eigenvalue weighted by Gasteiger charge is 2.43. The molecule has 2 amide bonds. The maximum absolute atomic E-state index is 14.7. The van der Waals surface area contributed by atoms with Gasteiger partial charge in [0, 0.05) is 24.0 Å². The summed E-state index contributed by atoms with van der Waals surface area (Å²) in [5, 5.41) is 16.2. The second kappa shape index (κ2) is 11.8. The van der Waals surface area contributed by atoms with Crippen LogP contribution >= 0.6 is 11.6 Å². The summed E-state index contributed by atoms with van der Waals surface area (Å²) in [5.41, 5.74) is 1.39. The molecule has 1 saturated heterocycles. The number of carbonyl (C=O) groups excluding carboxylic acids is 2. The van der Waals surface area contributed by atoms with Crippen LogP contribution in [0.2, 0.25) is 5.02 Å². The lowest BCUT2D eigenvalue weighted by atomic mass is 9.79. The Labute approximate surface area is 237 Å². The molecule has 0 spiro atoms. The van der Waals surface area contributed by atoms with Gasteiger partial charge in [-0.1, -0.05) is 49.6 Å². The first kappa shape index (κ1) is 27.9. The lowest BCUT2D eigenvalue weighted by Gasteiger charge is -2.43. The van der Waals surface area contributed by atoms with E-state index in [9.17, 15) is 23.5 Å². The number of carbonyl (C=O) groups is 2. The maximum Gasteiger partial charge on any atom is 0.260 e. The van der Waals surface area contributed by atoms with E-state index in [0.29, 0.717) is 23.7 Å². The molecule has 1 heterocycles. The normalized spacial score (nSPS) is 21.3. The standard InChI is InChI=1S/C31H32ClF2N3O3/c1-18-15-23(30(39)36-22-13-14-27(38)24(32)16-22)29(19-9-11-21(12-10-19)35-20-5-2-3-6-20)37(17-18)31(40)28-25(33)7-4-8-26(28)34/h4,7-14,16,18,20,23,29,35,38H,2-3,5-6,15,17H2,1H3,(H,36,39)/t18-,23+,29+/m1/s1. The first-order valence-corrected chi connectivity index (χ1v) is 14.0. The van der Waals surface area contributed by atoms with E-state index in [1.807, 2.05) is 31.2 Å². The largest absolute Gasteiger partial charge is 0.506 e. The molecule has 0 bridgehead atoms. The van der Waals surface area contributed by atoms with Crippen molar-refractivity contribution in [2.24, 2.45) is 11.8 Å². The van der Waals surface area contributed by atoms with Crippen molar-refractivity contribution < 1.29 is 23.5 Å². The smallest absolute Gasteiger partial charge is 0.260 e. The summed E-state index contributed by atoms with van der Waals surface area (Å²) in [5.74, 6) is -4.00. The van der Waals surface area contributed by atoms with Gasteiger partial charge in [-0.25, -0.2) is 8.78 Å². The molecule has 0 unspecified atom stereocenters. The van der Waals surface area contributed by atoms with Gasteiger partial charge in [0.15, 0.2) is 0 Å². The number of nitrogens with zero attached hydrogens (tertiary/aromatic N) is 1. The van der Waals surface area contributed by atoms with E-state index < -0.39 is 35.1 Å². The van der Waals surface area contributed by atoms with Crippen molar-refractivity contribution in [3.8, 4) is 5.75 Å². The Bertz CT molecular complexity index is 1370. The Morgan fingerprint density at radius 2 is 1.62 bits per heavy atom. The predicted molar refractivity (Wildman–Crippen MR) is 151 cm³/mol. The fourth-order valence-electron chi connectivity index (χ4n) is 5.92.